The van der Waals surface area contributed by atoms with Gasteiger partial charge < -0.3 is 14.8 Å². The van der Waals surface area contributed by atoms with E-state index in [-0.39, 0.29) is 23.3 Å². The van der Waals surface area contributed by atoms with Crippen LogP contribution in [0.1, 0.15) is 52.0 Å². The van der Waals surface area contributed by atoms with Gasteiger partial charge in [-0.15, -0.1) is 0 Å². The lowest BCUT2D eigenvalue weighted by atomic mass is 10.1. The number of nitro benzene ring substituents is 1. The summed E-state index contributed by atoms with van der Waals surface area (Å²) in [6.45, 7) is 0. The molecule has 10 heteroatoms. The molecule has 1 aliphatic rings. The fourth-order valence-electron chi connectivity index (χ4n) is 4.08. The van der Waals surface area contributed by atoms with Crippen LogP contribution in [0.25, 0.3) is 0 Å². The first-order valence-corrected chi connectivity index (χ1v) is 12.2. The fraction of sp³-hybridized carbons (Fsp3) is 0.250. The number of hydrogen-bond donors (Lipinski definition) is 1. The van der Waals surface area contributed by atoms with Crippen molar-refractivity contribution in [2.75, 3.05) is 19.5 Å². The van der Waals surface area contributed by atoms with Crippen molar-refractivity contribution in [3.05, 3.63) is 93.5 Å². The zero-order valence-electron chi connectivity index (χ0n) is 21.1. The molecule has 196 valence electrons. The van der Waals surface area contributed by atoms with Crippen LogP contribution >= 0.6 is 0 Å². The van der Waals surface area contributed by atoms with E-state index in [9.17, 15) is 19.7 Å². The molecule has 1 aliphatic carbocycles. The summed E-state index contributed by atoms with van der Waals surface area (Å²) >= 11 is 0. The zero-order chi connectivity index (χ0) is 27.1. The molecule has 1 saturated carbocycles. The number of non-ortho nitro benzene ring substituents is 1. The van der Waals surface area contributed by atoms with E-state index in [1.165, 1.54) is 29.3 Å². The number of rotatable bonds is 9. The van der Waals surface area contributed by atoms with Crippen LogP contribution in [0.2, 0.25) is 0 Å². The third kappa shape index (κ3) is 6.52. The maximum atomic E-state index is 12.8. The number of nitrogens with zero attached hydrogens (tertiary/aromatic N) is 3. The van der Waals surface area contributed by atoms with Crippen molar-refractivity contribution in [1.82, 2.24) is 5.01 Å². The molecule has 4 rings (SSSR count). The first-order chi connectivity index (χ1) is 18.3. The average molecular weight is 517 g/mol. The van der Waals surface area contributed by atoms with Gasteiger partial charge in [-0.05, 0) is 85.8 Å². The van der Waals surface area contributed by atoms with Crippen LogP contribution in [0.4, 0.5) is 11.4 Å². The van der Waals surface area contributed by atoms with Crippen molar-refractivity contribution >= 4 is 29.4 Å². The molecule has 2 amide bonds. The monoisotopic (exact) mass is 516 g/mol. The van der Waals surface area contributed by atoms with Crippen LogP contribution < -0.4 is 14.8 Å². The van der Waals surface area contributed by atoms with E-state index in [1.807, 2.05) is 18.2 Å². The summed E-state index contributed by atoms with van der Waals surface area (Å²) in [6, 6.07) is 17.2. The largest absolute Gasteiger partial charge is 0.493 e. The molecule has 1 fully saturated rings. The van der Waals surface area contributed by atoms with Crippen LogP contribution in [0.5, 0.6) is 11.5 Å². The molecule has 3 aromatic carbocycles. The first kappa shape index (κ1) is 26.3. The number of benzene rings is 3. The molecule has 10 nitrogen and oxygen atoms in total. The lowest BCUT2D eigenvalue weighted by Gasteiger charge is -2.16. The van der Waals surface area contributed by atoms with E-state index in [1.54, 1.807) is 44.6 Å². The van der Waals surface area contributed by atoms with Gasteiger partial charge in [-0.2, -0.15) is 5.10 Å². The van der Waals surface area contributed by atoms with E-state index in [4.69, 9.17) is 9.47 Å². The van der Waals surface area contributed by atoms with Crippen molar-refractivity contribution < 1.29 is 24.0 Å². The predicted molar refractivity (Wildman–Crippen MR) is 143 cm³/mol. The van der Waals surface area contributed by atoms with Gasteiger partial charge in [0, 0.05) is 36.0 Å². The van der Waals surface area contributed by atoms with Crippen LogP contribution in [0.15, 0.2) is 71.8 Å². The number of ether oxygens (including phenoxy) is 2. The molecule has 0 unspecified atom stereocenters. The Balaban J connectivity index is 1.37. The highest BCUT2D eigenvalue weighted by Gasteiger charge is 2.19. The van der Waals surface area contributed by atoms with Gasteiger partial charge in [0.2, 0.25) is 0 Å². The Labute approximate surface area is 220 Å². The molecule has 0 heterocycles. The number of carbonyl (C=O) groups is 2. The number of amides is 2. The summed E-state index contributed by atoms with van der Waals surface area (Å²) < 4.78 is 11.5. The number of nitrogens with one attached hydrogen (secondary N) is 1. The molecule has 0 aliphatic heterocycles. The molecular formula is C28H28N4O6. The first-order valence-electron chi connectivity index (χ1n) is 12.2. The Morgan fingerprint density at radius 2 is 1.66 bits per heavy atom. The molecule has 0 radical (unpaired) electrons. The number of methoxy groups -OCH3 is 1. The number of carbonyl (C=O) groups excluding carboxylic acids is 2. The maximum Gasteiger partial charge on any atom is 0.273 e. The maximum absolute atomic E-state index is 12.8. The minimum atomic E-state index is -0.529. The lowest BCUT2D eigenvalue weighted by Crippen LogP contribution is -2.21. The van der Waals surface area contributed by atoms with Gasteiger partial charge in [0.25, 0.3) is 17.5 Å². The van der Waals surface area contributed by atoms with Gasteiger partial charge in [0.15, 0.2) is 11.5 Å². The van der Waals surface area contributed by atoms with Crippen LogP contribution in [0.3, 0.4) is 0 Å². The Morgan fingerprint density at radius 3 is 2.29 bits per heavy atom. The van der Waals surface area contributed by atoms with Crippen LogP contribution in [0, 0.1) is 10.1 Å². The smallest absolute Gasteiger partial charge is 0.273 e. The Bertz CT molecular complexity index is 1330. The summed E-state index contributed by atoms with van der Waals surface area (Å²) in [6.07, 6.45) is 6.14. The minimum absolute atomic E-state index is 0.0963. The van der Waals surface area contributed by atoms with Crippen molar-refractivity contribution in [3.63, 3.8) is 0 Å². The second-order valence-electron chi connectivity index (χ2n) is 8.84. The minimum Gasteiger partial charge on any atom is -0.493 e. The lowest BCUT2D eigenvalue weighted by molar-refractivity contribution is -0.384. The summed E-state index contributed by atoms with van der Waals surface area (Å²) in [5.74, 6) is 0.560. The fourth-order valence-corrected chi connectivity index (χ4v) is 4.08. The molecule has 0 saturated heterocycles. The van der Waals surface area contributed by atoms with Gasteiger partial charge in [-0.3, -0.25) is 19.7 Å². The number of hydrogen-bond acceptors (Lipinski definition) is 7. The molecule has 0 atom stereocenters. The van der Waals surface area contributed by atoms with Gasteiger partial charge >= 0.3 is 0 Å². The Morgan fingerprint density at radius 1 is 1.00 bits per heavy atom. The number of nitro groups is 1. The highest BCUT2D eigenvalue weighted by molar-refractivity contribution is 6.04. The average Bonchev–Trinajstić information content (AvgIpc) is 3.45. The molecule has 0 aromatic heterocycles. The van der Waals surface area contributed by atoms with Crippen molar-refractivity contribution in [3.8, 4) is 11.5 Å². The zero-order valence-corrected chi connectivity index (χ0v) is 21.1. The van der Waals surface area contributed by atoms with Gasteiger partial charge in [0.05, 0.1) is 24.4 Å². The van der Waals surface area contributed by atoms with Crippen molar-refractivity contribution in [2.24, 2.45) is 5.10 Å². The molecule has 0 spiro atoms. The van der Waals surface area contributed by atoms with Crippen molar-refractivity contribution in [2.45, 2.75) is 31.8 Å². The summed E-state index contributed by atoms with van der Waals surface area (Å²) in [5.41, 5.74) is 1.81. The molecule has 3 aromatic rings. The number of hydrazone groups is 1. The molecule has 0 bridgehead atoms. The highest BCUT2D eigenvalue weighted by Crippen LogP contribution is 2.32. The van der Waals surface area contributed by atoms with Crippen LogP contribution in [-0.4, -0.2) is 48.2 Å². The second-order valence-corrected chi connectivity index (χ2v) is 8.84. The number of anilines is 1. The molecule has 38 heavy (non-hydrogen) atoms. The van der Waals surface area contributed by atoms with Gasteiger partial charge in [-0.1, -0.05) is 0 Å². The third-order valence-electron chi connectivity index (χ3n) is 6.19. The topological polar surface area (TPSA) is 123 Å². The van der Waals surface area contributed by atoms with E-state index >= 15 is 0 Å². The summed E-state index contributed by atoms with van der Waals surface area (Å²) in [7, 11) is 3.16. The van der Waals surface area contributed by atoms with Gasteiger partial charge in [-0.25, -0.2) is 5.01 Å². The Hall–Kier alpha value is -4.73. The van der Waals surface area contributed by atoms with E-state index in [0.29, 0.717) is 22.7 Å². The summed E-state index contributed by atoms with van der Waals surface area (Å²) in [4.78, 5) is 35.5. The highest BCUT2D eigenvalue weighted by atomic mass is 16.6. The molecular weight excluding hydrogens is 488 g/mol. The van der Waals surface area contributed by atoms with E-state index in [0.717, 1.165) is 31.2 Å². The van der Waals surface area contributed by atoms with Crippen LogP contribution in [-0.2, 0) is 0 Å². The standard InChI is InChI=1S/C28H28N4O6/c1-31(29-18-19-7-16-25(37-2)26(17-19)38-24-5-3-4-6-24)28(34)21-8-12-22(13-9-21)30-27(33)20-10-14-23(15-11-20)32(35)36/h7-18,24H,3-6H2,1-2H3,(H,30,33). The van der Waals surface area contributed by atoms with Crippen molar-refractivity contribution in [1.29, 1.82) is 0 Å². The Kier molecular flexibility index (Phi) is 8.32. The predicted octanol–water partition coefficient (Wildman–Crippen LogP) is 5.28. The quantitative estimate of drug-likeness (QED) is 0.234. The summed E-state index contributed by atoms with van der Waals surface area (Å²) in [5, 5.41) is 19.0. The SMILES string of the molecule is COc1ccc(C=NN(C)C(=O)c2ccc(NC(=O)c3ccc([N+](=O)[O-])cc3)cc2)cc1OC1CCCC1. The normalized spacial score (nSPS) is 13.3. The molecule has 1 N–H and O–H groups in total. The van der Waals surface area contributed by atoms with Gasteiger partial charge in [0.1, 0.15) is 0 Å². The second kappa shape index (κ2) is 12.0. The third-order valence-corrected chi connectivity index (χ3v) is 6.19. The van der Waals surface area contributed by atoms with E-state index in [2.05, 4.69) is 10.4 Å². The van der Waals surface area contributed by atoms with E-state index < -0.39 is 10.8 Å².